The first kappa shape index (κ1) is 22.6. The molecule has 0 saturated heterocycles. The zero-order chi connectivity index (χ0) is 23.0. The van der Waals surface area contributed by atoms with Gasteiger partial charge in [0.25, 0.3) is 5.56 Å². The van der Waals surface area contributed by atoms with Crippen molar-refractivity contribution in [2.45, 2.75) is 58.9 Å². The number of rotatable bonds is 10. The molecule has 0 atom stereocenters. The van der Waals surface area contributed by atoms with Crippen LogP contribution in [0.1, 0.15) is 56.6 Å². The Morgan fingerprint density at radius 1 is 0.909 bits per heavy atom. The number of nitrogens with one attached hydrogen (secondary N) is 1. The van der Waals surface area contributed by atoms with Crippen molar-refractivity contribution in [3.05, 3.63) is 82.0 Å². The number of H-pyrrole nitrogens is 1. The fourth-order valence-corrected chi connectivity index (χ4v) is 3.97. The first-order chi connectivity index (χ1) is 16.2. The molecule has 7 heteroatoms. The van der Waals surface area contributed by atoms with Gasteiger partial charge < -0.3 is 0 Å². The Morgan fingerprint density at radius 3 is 2.33 bits per heavy atom. The van der Waals surface area contributed by atoms with Crippen LogP contribution in [-0.2, 0) is 19.4 Å². The number of tetrazole rings is 1. The van der Waals surface area contributed by atoms with Gasteiger partial charge >= 0.3 is 0 Å². The molecule has 0 amide bonds. The molecular weight excluding hydrogens is 412 g/mol. The Labute approximate surface area is 193 Å². The minimum absolute atomic E-state index is 0.0365. The van der Waals surface area contributed by atoms with Crippen LogP contribution in [0.15, 0.2) is 59.4 Å². The average molecular weight is 443 g/mol. The maximum Gasteiger partial charge on any atom is 0.254 e. The monoisotopic (exact) mass is 442 g/mol. The van der Waals surface area contributed by atoms with E-state index in [-0.39, 0.29) is 5.56 Å². The normalized spacial score (nSPS) is 11.1. The van der Waals surface area contributed by atoms with Gasteiger partial charge in [0.2, 0.25) is 0 Å². The first-order valence-electron chi connectivity index (χ1n) is 11.7. The number of nitrogens with zero attached hydrogens (tertiary/aromatic N) is 5. The van der Waals surface area contributed by atoms with Crippen molar-refractivity contribution in [2.24, 2.45) is 0 Å². The first-order valence-corrected chi connectivity index (χ1v) is 11.7. The Bertz CT molecular complexity index is 1230. The molecule has 2 aromatic carbocycles. The smallest absolute Gasteiger partial charge is 0.254 e. The molecule has 4 aromatic rings. The van der Waals surface area contributed by atoms with Crippen LogP contribution in [0.2, 0.25) is 0 Å². The summed E-state index contributed by atoms with van der Waals surface area (Å²) in [5.74, 6) is 1.53. The summed E-state index contributed by atoms with van der Waals surface area (Å²) in [4.78, 5) is 17.8. The highest BCUT2D eigenvalue weighted by atomic mass is 16.1. The van der Waals surface area contributed by atoms with Gasteiger partial charge in [-0.05, 0) is 46.4 Å². The van der Waals surface area contributed by atoms with Crippen LogP contribution in [0.5, 0.6) is 0 Å². The summed E-state index contributed by atoms with van der Waals surface area (Å²) in [6, 6.07) is 18.0. The van der Waals surface area contributed by atoms with E-state index in [1.165, 1.54) is 0 Å². The molecule has 0 spiro atoms. The molecular formula is C26H30N6O. The summed E-state index contributed by atoms with van der Waals surface area (Å²) >= 11 is 0. The van der Waals surface area contributed by atoms with Crippen molar-refractivity contribution in [2.75, 3.05) is 0 Å². The van der Waals surface area contributed by atoms with Gasteiger partial charge in [-0.3, -0.25) is 9.36 Å². The third kappa shape index (κ3) is 5.42. The zero-order valence-corrected chi connectivity index (χ0v) is 19.3. The number of benzene rings is 2. The van der Waals surface area contributed by atoms with E-state index in [1.807, 2.05) is 22.8 Å². The fourth-order valence-electron chi connectivity index (χ4n) is 3.97. The lowest BCUT2D eigenvalue weighted by molar-refractivity contribution is 0.623. The fraction of sp³-hybridized carbons (Fsp3) is 0.346. The molecule has 0 aliphatic rings. The molecule has 170 valence electrons. The van der Waals surface area contributed by atoms with Gasteiger partial charge in [-0.15, -0.1) is 5.10 Å². The second-order valence-electron chi connectivity index (χ2n) is 8.29. The van der Waals surface area contributed by atoms with Crippen LogP contribution < -0.4 is 5.56 Å². The number of aryl methyl sites for hydroxylation is 2. The van der Waals surface area contributed by atoms with E-state index in [0.29, 0.717) is 12.4 Å². The molecule has 0 aliphatic carbocycles. The third-order valence-electron chi connectivity index (χ3n) is 5.81. The van der Waals surface area contributed by atoms with Crippen molar-refractivity contribution in [3.63, 3.8) is 0 Å². The second kappa shape index (κ2) is 10.8. The van der Waals surface area contributed by atoms with Gasteiger partial charge in [-0.1, -0.05) is 75.2 Å². The largest absolute Gasteiger partial charge is 0.292 e. The minimum atomic E-state index is 0.0365. The molecule has 0 radical (unpaired) electrons. The predicted octanol–water partition coefficient (Wildman–Crippen LogP) is 4.82. The molecule has 7 nitrogen and oxygen atoms in total. The molecule has 33 heavy (non-hydrogen) atoms. The van der Waals surface area contributed by atoms with Crippen molar-refractivity contribution in [3.8, 4) is 22.5 Å². The SMILES string of the molecule is CCCCc1cc(=O)n(Cc2ccc(-c3ccccc3-c3nnn[nH]3)cc2)c(CCCC)n1. The van der Waals surface area contributed by atoms with E-state index in [1.54, 1.807) is 6.07 Å². The Kier molecular flexibility index (Phi) is 7.40. The second-order valence-corrected chi connectivity index (χ2v) is 8.29. The zero-order valence-electron chi connectivity index (χ0n) is 19.3. The molecule has 0 unspecified atom stereocenters. The minimum Gasteiger partial charge on any atom is -0.292 e. The van der Waals surface area contributed by atoms with Gasteiger partial charge in [0.05, 0.1) is 6.54 Å². The van der Waals surface area contributed by atoms with Crippen molar-refractivity contribution >= 4 is 0 Å². The highest BCUT2D eigenvalue weighted by molar-refractivity contribution is 5.80. The Hall–Kier alpha value is -3.61. The molecule has 0 saturated carbocycles. The predicted molar refractivity (Wildman–Crippen MR) is 130 cm³/mol. The number of hydrogen-bond acceptors (Lipinski definition) is 5. The highest BCUT2D eigenvalue weighted by Gasteiger charge is 2.12. The molecule has 0 aliphatic heterocycles. The number of aromatic nitrogens is 6. The van der Waals surface area contributed by atoms with Gasteiger partial charge in [0, 0.05) is 23.7 Å². The van der Waals surface area contributed by atoms with Gasteiger partial charge in [-0.2, -0.15) is 0 Å². The van der Waals surface area contributed by atoms with Gasteiger partial charge in [0.15, 0.2) is 5.82 Å². The maximum absolute atomic E-state index is 13.0. The van der Waals surface area contributed by atoms with E-state index in [4.69, 9.17) is 4.98 Å². The van der Waals surface area contributed by atoms with Crippen LogP contribution in [-0.4, -0.2) is 30.2 Å². The number of hydrogen-bond donors (Lipinski definition) is 1. The number of unbranched alkanes of at least 4 members (excludes halogenated alkanes) is 2. The molecule has 0 bridgehead atoms. The molecule has 2 aromatic heterocycles. The van der Waals surface area contributed by atoms with Crippen molar-refractivity contribution in [1.82, 2.24) is 30.2 Å². The van der Waals surface area contributed by atoms with Gasteiger partial charge in [-0.25, -0.2) is 10.1 Å². The summed E-state index contributed by atoms with van der Waals surface area (Å²) in [7, 11) is 0. The summed E-state index contributed by atoms with van der Waals surface area (Å²) in [5, 5.41) is 14.3. The lowest BCUT2D eigenvalue weighted by atomic mass is 9.98. The molecule has 0 fully saturated rings. The highest BCUT2D eigenvalue weighted by Crippen LogP contribution is 2.29. The Balaban J connectivity index is 1.61. The van der Waals surface area contributed by atoms with Crippen LogP contribution in [0.3, 0.4) is 0 Å². The van der Waals surface area contributed by atoms with Crippen molar-refractivity contribution < 1.29 is 0 Å². The van der Waals surface area contributed by atoms with Crippen LogP contribution in [0.25, 0.3) is 22.5 Å². The van der Waals surface area contributed by atoms with E-state index >= 15 is 0 Å². The molecule has 1 N–H and O–H groups in total. The quantitative estimate of drug-likeness (QED) is 0.380. The van der Waals surface area contributed by atoms with Crippen molar-refractivity contribution in [1.29, 1.82) is 0 Å². The topological polar surface area (TPSA) is 89.4 Å². The average Bonchev–Trinajstić information content (AvgIpc) is 3.38. The van der Waals surface area contributed by atoms with Gasteiger partial charge in [0.1, 0.15) is 5.82 Å². The summed E-state index contributed by atoms with van der Waals surface area (Å²) in [6.45, 7) is 4.84. The third-order valence-corrected chi connectivity index (χ3v) is 5.81. The van der Waals surface area contributed by atoms with E-state index in [0.717, 1.165) is 72.3 Å². The van der Waals surface area contributed by atoms with Crippen LogP contribution in [0, 0.1) is 0 Å². The van der Waals surface area contributed by atoms with Crippen LogP contribution >= 0.6 is 0 Å². The molecule has 4 rings (SSSR count). The standard InChI is InChI=1S/C26H30N6O/c1-3-5-9-21-17-25(33)32(24(27-21)12-6-4-2)18-19-13-15-20(16-14-19)22-10-7-8-11-23(22)26-28-30-31-29-26/h7-8,10-11,13-17H,3-6,9,12,18H2,1-2H3,(H,28,29,30,31). The summed E-state index contributed by atoms with van der Waals surface area (Å²) in [6.07, 6.45) is 5.93. The molecule has 2 heterocycles. The van der Waals surface area contributed by atoms with E-state index in [2.05, 4.69) is 64.8 Å². The summed E-state index contributed by atoms with van der Waals surface area (Å²) in [5.41, 5.74) is 5.08. The van der Waals surface area contributed by atoms with E-state index in [9.17, 15) is 4.79 Å². The lowest BCUT2D eigenvalue weighted by Gasteiger charge is -2.14. The number of aromatic amines is 1. The summed E-state index contributed by atoms with van der Waals surface area (Å²) < 4.78 is 1.83. The lowest BCUT2D eigenvalue weighted by Crippen LogP contribution is -2.26. The maximum atomic E-state index is 13.0. The van der Waals surface area contributed by atoms with Crippen LogP contribution in [0.4, 0.5) is 0 Å². The Morgan fingerprint density at radius 2 is 1.64 bits per heavy atom. The van der Waals surface area contributed by atoms with E-state index < -0.39 is 0 Å².